The van der Waals surface area contributed by atoms with Gasteiger partial charge in [-0.2, -0.15) is 0 Å². The first kappa shape index (κ1) is 13.2. The largest absolute Gasteiger partial charge is 0.477 e. The number of fused-ring (bicyclic) bond motifs is 1. The van der Waals surface area contributed by atoms with Crippen LogP contribution in [0.2, 0.25) is 0 Å². The van der Waals surface area contributed by atoms with Crippen molar-refractivity contribution in [1.82, 2.24) is 4.98 Å². The van der Waals surface area contributed by atoms with Gasteiger partial charge in [0, 0.05) is 22.5 Å². The topological polar surface area (TPSA) is 82.2 Å². The summed E-state index contributed by atoms with van der Waals surface area (Å²) in [4.78, 5) is 26.1. The van der Waals surface area contributed by atoms with E-state index < -0.39 is 5.97 Å². The first-order chi connectivity index (χ1) is 9.99. The van der Waals surface area contributed by atoms with Gasteiger partial charge in [0.1, 0.15) is 5.69 Å². The predicted molar refractivity (Wildman–Crippen MR) is 80.2 cm³/mol. The summed E-state index contributed by atoms with van der Waals surface area (Å²) in [6, 6.07) is 7.44. The molecule has 1 aliphatic rings. The van der Waals surface area contributed by atoms with Crippen LogP contribution in [0.4, 0.5) is 5.69 Å². The second-order valence-corrected chi connectivity index (χ2v) is 5.03. The van der Waals surface area contributed by atoms with Gasteiger partial charge in [0.15, 0.2) is 0 Å². The number of carbonyl (C=O) groups is 2. The number of hydrogen-bond donors (Lipinski definition) is 3. The van der Waals surface area contributed by atoms with Crippen LogP contribution in [-0.2, 0) is 4.79 Å². The molecule has 5 heteroatoms. The monoisotopic (exact) mass is 282 g/mol. The van der Waals surface area contributed by atoms with Crippen molar-refractivity contribution < 1.29 is 14.7 Å². The summed E-state index contributed by atoms with van der Waals surface area (Å²) in [6.45, 7) is 3.53. The highest BCUT2D eigenvalue weighted by Gasteiger charge is 2.25. The fourth-order valence-corrected chi connectivity index (χ4v) is 2.62. The number of para-hydroxylation sites is 1. The molecule has 0 fully saturated rings. The third-order valence-corrected chi connectivity index (χ3v) is 3.71. The molecule has 5 nitrogen and oxygen atoms in total. The standard InChI is InChI=1S/C16H14N2O3/c1-8-11(9(2)17-14(8)16(20)21)7-12-10-5-3-4-6-13(10)18-15(12)19/h3-7,17H,1-2H3,(H,18,19)(H,20,21). The van der Waals surface area contributed by atoms with Crippen molar-refractivity contribution in [2.45, 2.75) is 13.8 Å². The van der Waals surface area contributed by atoms with Gasteiger partial charge in [0.25, 0.3) is 5.91 Å². The third kappa shape index (κ3) is 2.03. The van der Waals surface area contributed by atoms with Crippen molar-refractivity contribution >= 4 is 29.2 Å². The molecule has 0 saturated heterocycles. The van der Waals surface area contributed by atoms with Gasteiger partial charge in [-0.3, -0.25) is 4.79 Å². The van der Waals surface area contributed by atoms with Crippen LogP contribution in [0, 0.1) is 13.8 Å². The highest BCUT2D eigenvalue weighted by Crippen LogP contribution is 2.34. The van der Waals surface area contributed by atoms with E-state index in [1.807, 2.05) is 24.3 Å². The van der Waals surface area contributed by atoms with Crippen molar-refractivity contribution in [3.05, 3.63) is 52.3 Å². The van der Waals surface area contributed by atoms with Gasteiger partial charge in [-0.1, -0.05) is 18.2 Å². The minimum absolute atomic E-state index is 0.158. The average Bonchev–Trinajstić information content (AvgIpc) is 2.90. The number of carboxylic acids is 1. The third-order valence-electron chi connectivity index (χ3n) is 3.71. The number of amides is 1. The van der Waals surface area contributed by atoms with E-state index in [0.29, 0.717) is 11.1 Å². The van der Waals surface area contributed by atoms with Crippen molar-refractivity contribution in [2.75, 3.05) is 5.32 Å². The molecule has 0 atom stereocenters. The number of aryl methyl sites for hydroxylation is 1. The minimum Gasteiger partial charge on any atom is -0.477 e. The maximum Gasteiger partial charge on any atom is 0.352 e. The summed E-state index contributed by atoms with van der Waals surface area (Å²) in [5, 5.41) is 11.9. The van der Waals surface area contributed by atoms with Crippen LogP contribution >= 0.6 is 0 Å². The number of aromatic amines is 1. The maximum absolute atomic E-state index is 12.1. The SMILES string of the molecule is Cc1[nH]c(C(=O)O)c(C)c1C=C1C(=O)Nc2ccccc21. The van der Waals surface area contributed by atoms with Crippen molar-refractivity contribution in [2.24, 2.45) is 0 Å². The van der Waals surface area contributed by atoms with Crippen molar-refractivity contribution in [3.63, 3.8) is 0 Å². The van der Waals surface area contributed by atoms with Crippen LogP contribution in [0.3, 0.4) is 0 Å². The van der Waals surface area contributed by atoms with E-state index in [1.165, 1.54) is 0 Å². The summed E-state index contributed by atoms with van der Waals surface area (Å²) < 4.78 is 0. The summed E-state index contributed by atoms with van der Waals surface area (Å²) in [7, 11) is 0. The van der Waals surface area contributed by atoms with E-state index in [0.717, 1.165) is 22.5 Å². The van der Waals surface area contributed by atoms with Crippen molar-refractivity contribution in [1.29, 1.82) is 0 Å². The second kappa shape index (κ2) is 4.63. The van der Waals surface area contributed by atoms with Gasteiger partial charge < -0.3 is 15.4 Å². The Kier molecular flexibility index (Phi) is 2.90. The lowest BCUT2D eigenvalue weighted by Gasteiger charge is -1.99. The summed E-state index contributed by atoms with van der Waals surface area (Å²) >= 11 is 0. The van der Waals surface area contributed by atoms with E-state index in [2.05, 4.69) is 10.3 Å². The zero-order chi connectivity index (χ0) is 15.1. The Labute approximate surface area is 121 Å². The maximum atomic E-state index is 12.1. The number of hydrogen-bond acceptors (Lipinski definition) is 2. The highest BCUT2D eigenvalue weighted by atomic mass is 16.4. The van der Waals surface area contributed by atoms with Crippen molar-refractivity contribution in [3.8, 4) is 0 Å². The number of benzene rings is 1. The molecule has 3 N–H and O–H groups in total. The van der Waals surface area contributed by atoms with E-state index in [1.54, 1.807) is 19.9 Å². The molecule has 0 aliphatic carbocycles. The molecule has 3 rings (SSSR count). The molecule has 0 saturated carbocycles. The summed E-state index contributed by atoms with van der Waals surface area (Å²) in [5.41, 5.74) is 4.42. The van der Waals surface area contributed by atoms with Gasteiger partial charge >= 0.3 is 5.97 Å². The number of carboxylic acid groups (broad SMARTS) is 1. The quantitative estimate of drug-likeness (QED) is 0.741. The molecule has 1 aromatic carbocycles. The number of H-pyrrole nitrogens is 1. The van der Waals surface area contributed by atoms with Crippen LogP contribution < -0.4 is 5.32 Å². The van der Waals surface area contributed by atoms with Gasteiger partial charge in [0.2, 0.25) is 0 Å². The second-order valence-electron chi connectivity index (χ2n) is 5.03. The Morgan fingerprint density at radius 2 is 1.95 bits per heavy atom. The van der Waals surface area contributed by atoms with E-state index >= 15 is 0 Å². The molecule has 106 valence electrons. The molecule has 1 amide bonds. The number of rotatable bonds is 2. The normalized spacial score (nSPS) is 15.1. The molecule has 1 aromatic heterocycles. The number of carbonyl (C=O) groups excluding carboxylic acids is 1. The Hall–Kier alpha value is -2.82. The molecule has 1 aliphatic heterocycles. The van der Waals surface area contributed by atoms with Crippen LogP contribution in [0.25, 0.3) is 11.6 Å². The molecule has 0 unspecified atom stereocenters. The van der Waals surface area contributed by atoms with Gasteiger partial charge in [-0.15, -0.1) is 0 Å². The molecule has 0 radical (unpaired) electrons. The number of aromatic nitrogens is 1. The molecule has 2 aromatic rings. The van der Waals surface area contributed by atoms with Gasteiger partial charge in [-0.25, -0.2) is 4.79 Å². The van der Waals surface area contributed by atoms with Crippen LogP contribution in [-0.4, -0.2) is 22.0 Å². The lowest BCUT2D eigenvalue weighted by Crippen LogP contribution is -2.03. The smallest absolute Gasteiger partial charge is 0.352 e. The Bertz CT molecular complexity index is 800. The summed E-state index contributed by atoms with van der Waals surface area (Å²) in [6.07, 6.45) is 1.74. The molecule has 2 heterocycles. The first-order valence-electron chi connectivity index (χ1n) is 6.54. The van der Waals surface area contributed by atoms with E-state index in [-0.39, 0.29) is 11.6 Å². The highest BCUT2D eigenvalue weighted by molar-refractivity contribution is 6.35. The zero-order valence-electron chi connectivity index (χ0n) is 11.7. The van der Waals surface area contributed by atoms with Crippen LogP contribution in [0.15, 0.2) is 24.3 Å². The van der Waals surface area contributed by atoms with Gasteiger partial charge in [0.05, 0.1) is 0 Å². The van der Waals surface area contributed by atoms with E-state index in [9.17, 15) is 9.59 Å². The fraction of sp³-hybridized carbons (Fsp3) is 0.125. The van der Waals surface area contributed by atoms with Crippen LogP contribution in [0.1, 0.15) is 32.9 Å². The molecular weight excluding hydrogens is 268 g/mol. The van der Waals surface area contributed by atoms with E-state index in [4.69, 9.17) is 5.11 Å². The summed E-state index contributed by atoms with van der Waals surface area (Å²) in [5.74, 6) is -1.18. The first-order valence-corrected chi connectivity index (χ1v) is 6.54. The Morgan fingerprint density at radius 1 is 1.24 bits per heavy atom. The zero-order valence-corrected chi connectivity index (χ0v) is 11.7. The molecule has 0 bridgehead atoms. The average molecular weight is 282 g/mol. The molecular formula is C16H14N2O3. The predicted octanol–water partition coefficient (Wildman–Crippen LogP) is 2.82. The fourth-order valence-electron chi connectivity index (χ4n) is 2.62. The number of nitrogens with one attached hydrogen (secondary N) is 2. The Balaban J connectivity index is 2.16. The lowest BCUT2D eigenvalue weighted by molar-refractivity contribution is -0.110. The molecule has 21 heavy (non-hydrogen) atoms. The number of anilines is 1. The lowest BCUT2D eigenvalue weighted by atomic mass is 10.0. The number of aromatic carboxylic acids is 1. The van der Waals surface area contributed by atoms with Gasteiger partial charge in [-0.05, 0) is 37.1 Å². The minimum atomic E-state index is -1.00. The molecule has 0 spiro atoms. The Morgan fingerprint density at radius 3 is 2.62 bits per heavy atom. The van der Waals surface area contributed by atoms with Crippen LogP contribution in [0.5, 0.6) is 0 Å².